The molecule has 1 saturated carbocycles. The molecule has 1 fully saturated rings. The summed E-state index contributed by atoms with van der Waals surface area (Å²) in [6, 6.07) is 0. The van der Waals surface area contributed by atoms with Gasteiger partial charge in [0.15, 0.2) is 0 Å². The second-order valence-corrected chi connectivity index (χ2v) is 4.63. The smallest absolute Gasteiger partial charge is 0.112 e. The highest BCUT2D eigenvalue weighted by atomic mass is 14.9. The van der Waals surface area contributed by atoms with Gasteiger partial charge in [0.05, 0.1) is 5.69 Å². The topological polar surface area (TPSA) is 28.7 Å². The van der Waals surface area contributed by atoms with Gasteiger partial charge >= 0.3 is 0 Å². The molecule has 0 radical (unpaired) electrons. The molecule has 1 aliphatic carbocycles. The quantitative estimate of drug-likeness (QED) is 0.595. The molecule has 1 heterocycles. The first-order valence-electron chi connectivity index (χ1n) is 6.40. The van der Waals surface area contributed by atoms with Crippen molar-refractivity contribution in [3.05, 3.63) is 17.2 Å². The number of hydrogen-bond donors (Lipinski definition) is 1. The minimum atomic E-state index is 0.606. The van der Waals surface area contributed by atoms with Gasteiger partial charge in [-0.25, -0.2) is 4.98 Å². The van der Waals surface area contributed by atoms with Crippen LogP contribution >= 0.6 is 0 Å². The lowest BCUT2D eigenvalue weighted by Crippen LogP contribution is -1.99. The lowest BCUT2D eigenvalue weighted by Gasteiger charge is -2.09. The Labute approximate surface area is 97.9 Å². The summed E-state index contributed by atoms with van der Waals surface area (Å²) < 4.78 is 0. The number of imidazole rings is 1. The lowest BCUT2D eigenvalue weighted by molar-refractivity contribution is 0.565. The first kappa shape index (κ1) is 11.3. The fraction of sp³-hybridized carbons (Fsp3) is 0.643. The van der Waals surface area contributed by atoms with E-state index in [-0.39, 0.29) is 0 Å². The van der Waals surface area contributed by atoms with Crippen LogP contribution in [0.1, 0.15) is 68.6 Å². The van der Waals surface area contributed by atoms with Crippen molar-refractivity contribution in [2.24, 2.45) is 0 Å². The van der Waals surface area contributed by atoms with E-state index in [4.69, 9.17) is 6.42 Å². The zero-order valence-electron chi connectivity index (χ0n) is 10.1. The van der Waals surface area contributed by atoms with Crippen molar-refractivity contribution in [1.82, 2.24) is 9.97 Å². The third-order valence-electron chi connectivity index (χ3n) is 3.52. The van der Waals surface area contributed by atoms with Gasteiger partial charge < -0.3 is 4.98 Å². The minimum absolute atomic E-state index is 0.606. The predicted molar refractivity (Wildman–Crippen MR) is 66.3 cm³/mol. The van der Waals surface area contributed by atoms with Crippen LogP contribution in [0.5, 0.6) is 0 Å². The average molecular weight is 216 g/mol. The molecule has 1 aromatic rings. The predicted octanol–water partition coefficient (Wildman–Crippen LogP) is 3.39. The number of terminal acetylenes is 1. The van der Waals surface area contributed by atoms with Crippen molar-refractivity contribution in [3.8, 4) is 12.3 Å². The van der Waals surface area contributed by atoms with Crippen LogP contribution in [0.25, 0.3) is 0 Å². The maximum absolute atomic E-state index is 5.48. The van der Waals surface area contributed by atoms with Gasteiger partial charge in [0.2, 0.25) is 0 Å². The van der Waals surface area contributed by atoms with Crippen LogP contribution in [0.15, 0.2) is 0 Å². The number of nitrogens with zero attached hydrogens (tertiary/aromatic N) is 1. The Morgan fingerprint density at radius 3 is 2.50 bits per heavy atom. The van der Waals surface area contributed by atoms with Gasteiger partial charge in [-0.3, -0.25) is 0 Å². The Morgan fingerprint density at radius 2 is 2.00 bits per heavy atom. The van der Waals surface area contributed by atoms with E-state index in [9.17, 15) is 0 Å². The zero-order valence-corrected chi connectivity index (χ0v) is 10.1. The second kappa shape index (κ2) is 5.21. The number of hydrogen-bond acceptors (Lipinski definition) is 1. The van der Waals surface area contributed by atoms with Gasteiger partial charge in [-0.2, -0.15) is 0 Å². The number of nitrogens with one attached hydrogen (secondary N) is 1. The molecule has 0 unspecified atom stereocenters. The summed E-state index contributed by atoms with van der Waals surface area (Å²) in [7, 11) is 0. The van der Waals surface area contributed by atoms with Gasteiger partial charge in [0, 0.05) is 5.92 Å². The molecule has 2 nitrogen and oxygen atoms in total. The molecule has 1 aromatic heterocycles. The molecule has 0 saturated heterocycles. The standard InChI is InChI=1S/C14H20N2/c1-3-12-13(4-2)16-14(15-12)11-9-7-5-6-8-10-11/h1,11H,4-10H2,2H3,(H,15,16). The fourth-order valence-electron chi connectivity index (χ4n) is 2.55. The van der Waals surface area contributed by atoms with Crippen molar-refractivity contribution in [2.45, 2.75) is 57.8 Å². The van der Waals surface area contributed by atoms with Gasteiger partial charge in [-0.15, -0.1) is 6.42 Å². The highest BCUT2D eigenvalue weighted by Gasteiger charge is 2.18. The monoisotopic (exact) mass is 216 g/mol. The Balaban J connectivity index is 2.19. The number of H-pyrrole nitrogens is 1. The van der Waals surface area contributed by atoms with Crippen LogP contribution in [0, 0.1) is 12.3 Å². The SMILES string of the molecule is C#Cc1[nH]c(C2CCCCCC2)nc1CC. The number of aromatic amines is 1. The second-order valence-electron chi connectivity index (χ2n) is 4.63. The maximum Gasteiger partial charge on any atom is 0.112 e. The van der Waals surface area contributed by atoms with Crippen LogP contribution in [0.2, 0.25) is 0 Å². The highest BCUT2D eigenvalue weighted by Crippen LogP contribution is 2.30. The van der Waals surface area contributed by atoms with E-state index in [1.165, 1.54) is 38.5 Å². The molecule has 0 aromatic carbocycles. The Morgan fingerprint density at radius 1 is 1.31 bits per heavy atom. The average Bonchev–Trinajstić information content (AvgIpc) is 2.54. The van der Waals surface area contributed by atoms with E-state index >= 15 is 0 Å². The summed E-state index contributed by atoms with van der Waals surface area (Å²) in [5.41, 5.74) is 1.95. The van der Waals surface area contributed by atoms with Crippen molar-refractivity contribution in [2.75, 3.05) is 0 Å². The third-order valence-corrected chi connectivity index (χ3v) is 3.52. The Kier molecular flexibility index (Phi) is 3.66. The van der Waals surface area contributed by atoms with Crippen LogP contribution in [-0.4, -0.2) is 9.97 Å². The Hall–Kier alpha value is -1.23. The fourth-order valence-corrected chi connectivity index (χ4v) is 2.55. The highest BCUT2D eigenvalue weighted by molar-refractivity contribution is 5.31. The molecule has 1 N–H and O–H groups in total. The summed E-state index contributed by atoms with van der Waals surface area (Å²) in [6.07, 6.45) is 14.3. The number of rotatable bonds is 2. The summed E-state index contributed by atoms with van der Waals surface area (Å²) in [6.45, 7) is 2.11. The van der Waals surface area contributed by atoms with Crippen molar-refractivity contribution in [3.63, 3.8) is 0 Å². The van der Waals surface area contributed by atoms with E-state index in [0.29, 0.717) is 5.92 Å². The molecule has 16 heavy (non-hydrogen) atoms. The molecule has 2 rings (SSSR count). The minimum Gasteiger partial charge on any atom is -0.335 e. The van der Waals surface area contributed by atoms with Gasteiger partial charge in [0.1, 0.15) is 11.5 Å². The summed E-state index contributed by atoms with van der Waals surface area (Å²) in [5, 5.41) is 0. The van der Waals surface area contributed by atoms with E-state index in [1.54, 1.807) is 0 Å². The lowest BCUT2D eigenvalue weighted by atomic mass is 10.00. The first-order chi connectivity index (χ1) is 7.85. The van der Waals surface area contributed by atoms with Gasteiger partial charge in [-0.1, -0.05) is 38.5 Å². The van der Waals surface area contributed by atoms with Gasteiger partial charge in [0.25, 0.3) is 0 Å². The molecule has 1 aliphatic rings. The maximum atomic E-state index is 5.48. The molecule has 2 heteroatoms. The van der Waals surface area contributed by atoms with Crippen LogP contribution in [-0.2, 0) is 6.42 Å². The largest absolute Gasteiger partial charge is 0.335 e. The van der Waals surface area contributed by atoms with Crippen molar-refractivity contribution >= 4 is 0 Å². The molecule has 86 valence electrons. The van der Waals surface area contributed by atoms with Gasteiger partial charge in [-0.05, 0) is 19.3 Å². The number of aryl methyl sites for hydroxylation is 1. The van der Waals surface area contributed by atoms with Crippen molar-refractivity contribution in [1.29, 1.82) is 0 Å². The molecule has 0 bridgehead atoms. The molecule has 0 spiro atoms. The molecular formula is C14H20N2. The van der Waals surface area contributed by atoms with Crippen LogP contribution in [0.4, 0.5) is 0 Å². The number of aromatic nitrogens is 2. The van der Waals surface area contributed by atoms with E-state index in [2.05, 4.69) is 22.8 Å². The van der Waals surface area contributed by atoms with Crippen LogP contribution < -0.4 is 0 Å². The van der Waals surface area contributed by atoms with Crippen LogP contribution in [0.3, 0.4) is 0 Å². The normalized spacial score (nSPS) is 18.0. The van der Waals surface area contributed by atoms with E-state index in [0.717, 1.165) is 23.6 Å². The Bertz CT molecular complexity index is 376. The molecule has 0 amide bonds. The molecular weight excluding hydrogens is 196 g/mol. The zero-order chi connectivity index (χ0) is 11.4. The molecule has 0 atom stereocenters. The summed E-state index contributed by atoms with van der Waals surface area (Å²) in [4.78, 5) is 8.00. The summed E-state index contributed by atoms with van der Waals surface area (Å²) >= 11 is 0. The summed E-state index contributed by atoms with van der Waals surface area (Å²) in [5.74, 6) is 4.44. The first-order valence-corrected chi connectivity index (χ1v) is 6.40. The van der Waals surface area contributed by atoms with E-state index < -0.39 is 0 Å². The van der Waals surface area contributed by atoms with E-state index in [1.807, 2.05) is 0 Å². The van der Waals surface area contributed by atoms with Crippen molar-refractivity contribution < 1.29 is 0 Å². The molecule has 0 aliphatic heterocycles. The third kappa shape index (κ3) is 2.29.